The van der Waals surface area contributed by atoms with E-state index in [9.17, 15) is 18.0 Å². The smallest absolute Gasteiger partial charge is 0.309 e. The van der Waals surface area contributed by atoms with Crippen molar-refractivity contribution in [2.24, 2.45) is 0 Å². The Morgan fingerprint density at radius 3 is 2.54 bits per heavy atom. The minimum atomic E-state index is -3.51. The number of piperidine rings is 1. The number of hydrogen-bond acceptors (Lipinski definition) is 6. The van der Waals surface area contributed by atoms with Crippen LogP contribution in [0.25, 0.3) is 0 Å². The van der Waals surface area contributed by atoms with Crippen LogP contribution in [0.3, 0.4) is 0 Å². The molecule has 3 heterocycles. The number of carbonyl (C=O) groups excluding carboxylic acids is 2. The van der Waals surface area contributed by atoms with E-state index in [2.05, 4.69) is 10.6 Å². The first-order valence-corrected chi connectivity index (χ1v) is 12.3. The minimum absolute atomic E-state index is 0.171. The molecule has 3 rings (SSSR count). The predicted octanol–water partition coefficient (Wildman–Crippen LogP) is 2.18. The van der Waals surface area contributed by atoms with E-state index in [0.717, 1.165) is 24.1 Å². The zero-order valence-electron chi connectivity index (χ0n) is 15.3. The minimum Gasteiger partial charge on any atom is -0.348 e. The highest BCUT2D eigenvalue weighted by atomic mass is 32.2. The van der Waals surface area contributed by atoms with Gasteiger partial charge in [-0.25, -0.2) is 8.42 Å². The molecule has 0 radical (unpaired) electrons. The average Bonchev–Trinajstić information content (AvgIpc) is 3.40. The summed E-state index contributed by atoms with van der Waals surface area (Å²) in [6.07, 6.45) is 3.02. The van der Waals surface area contributed by atoms with Crippen LogP contribution in [0.4, 0.5) is 0 Å². The quantitative estimate of drug-likeness (QED) is 0.644. The van der Waals surface area contributed by atoms with Crippen molar-refractivity contribution in [3.8, 4) is 0 Å². The normalized spacial score (nSPS) is 17.9. The Kier molecular flexibility index (Phi) is 7.22. The lowest BCUT2D eigenvalue weighted by Crippen LogP contribution is -2.46. The third-order valence-corrected chi connectivity index (χ3v) is 8.81. The van der Waals surface area contributed by atoms with Gasteiger partial charge in [0, 0.05) is 24.0 Å². The molecular weight excluding hydrogens is 418 g/mol. The molecular formula is C18H23N3O4S3. The lowest BCUT2D eigenvalue weighted by Gasteiger charge is -2.34. The number of thiophene rings is 2. The molecule has 0 spiro atoms. The van der Waals surface area contributed by atoms with Crippen molar-refractivity contribution in [2.45, 2.75) is 42.5 Å². The van der Waals surface area contributed by atoms with Crippen molar-refractivity contribution in [1.82, 2.24) is 14.9 Å². The second-order valence-corrected chi connectivity index (χ2v) is 10.6. The topological polar surface area (TPSA) is 95.6 Å². The van der Waals surface area contributed by atoms with Gasteiger partial charge >= 0.3 is 11.8 Å². The van der Waals surface area contributed by atoms with Gasteiger partial charge in [-0.15, -0.1) is 22.7 Å². The third kappa shape index (κ3) is 5.19. The summed E-state index contributed by atoms with van der Waals surface area (Å²) in [4.78, 5) is 24.8. The molecule has 152 valence electrons. The van der Waals surface area contributed by atoms with Crippen molar-refractivity contribution in [3.63, 3.8) is 0 Å². The zero-order chi connectivity index (χ0) is 20.0. The van der Waals surface area contributed by atoms with Gasteiger partial charge in [-0.1, -0.05) is 18.6 Å². The Hall–Kier alpha value is -1.75. The molecule has 0 unspecified atom stereocenters. The van der Waals surface area contributed by atoms with E-state index in [0.29, 0.717) is 23.7 Å². The summed E-state index contributed by atoms with van der Waals surface area (Å²) in [5.74, 6) is -1.37. The van der Waals surface area contributed by atoms with Gasteiger partial charge < -0.3 is 10.6 Å². The summed E-state index contributed by atoms with van der Waals surface area (Å²) in [6.45, 7) is 1.06. The molecule has 2 N–H and O–H groups in total. The summed E-state index contributed by atoms with van der Waals surface area (Å²) < 4.78 is 27.6. The molecule has 10 heteroatoms. The number of nitrogens with one attached hydrogen (secondary N) is 2. The van der Waals surface area contributed by atoms with Crippen molar-refractivity contribution >= 4 is 44.5 Å². The van der Waals surface area contributed by atoms with Crippen LogP contribution in [0.15, 0.2) is 39.2 Å². The highest BCUT2D eigenvalue weighted by molar-refractivity contribution is 7.91. The molecule has 0 saturated carbocycles. The van der Waals surface area contributed by atoms with Crippen molar-refractivity contribution in [1.29, 1.82) is 0 Å². The summed E-state index contributed by atoms with van der Waals surface area (Å²) in [7, 11) is -3.51. The predicted molar refractivity (Wildman–Crippen MR) is 110 cm³/mol. The van der Waals surface area contributed by atoms with Gasteiger partial charge in [0.15, 0.2) is 0 Å². The van der Waals surface area contributed by atoms with Crippen molar-refractivity contribution in [2.75, 3.05) is 13.1 Å². The molecule has 7 nitrogen and oxygen atoms in total. The van der Waals surface area contributed by atoms with Crippen LogP contribution in [0, 0.1) is 0 Å². The fraction of sp³-hybridized carbons (Fsp3) is 0.444. The SMILES string of the molecule is O=C(NCC[C@H]1CCCCN1S(=O)(=O)c1cccs1)C(=O)NCc1cccs1. The monoisotopic (exact) mass is 441 g/mol. The Morgan fingerprint density at radius 2 is 1.82 bits per heavy atom. The highest BCUT2D eigenvalue weighted by Gasteiger charge is 2.33. The Balaban J connectivity index is 1.49. The summed E-state index contributed by atoms with van der Waals surface area (Å²) in [5, 5.41) is 8.83. The number of nitrogens with zero attached hydrogens (tertiary/aromatic N) is 1. The average molecular weight is 442 g/mol. The molecule has 0 aromatic carbocycles. The third-order valence-electron chi connectivity index (χ3n) is 4.60. The lowest BCUT2D eigenvalue weighted by atomic mass is 10.0. The van der Waals surface area contributed by atoms with Gasteiger partial charge in [0.25, 0.3) is 10.0 Å². The van der Waals surface area contributed by atoms with Gasteiger partial charge in [0.2, 0.25) is 0 Å². The molecule has 1 aliphatic heterocycles. The molecule has 1 atom stereocenters. The molecule has 1 aliphatic rings. The van der Waals surface area contributed by atoms with Crippen LogP contribution in [-0.4, -0.2) is 43.7 Å². The fourth-order valence-corrected chi connectivity index (χ4v) is 6.69. The van der Waals surface area contributed by atoms with E-state index >= 15 is 0 Å². The van der Waals surface area contributed by atoms with Gasteiger partial charge in [-0.2, -0.15) is 4.31 Å². The standard InChI is InChI=1S/C18H23N3O4S3/c22-17(18(23)20-13-15-6-3-11-26-15)19-9-8-14-5-1-2-10-21(14)28(24,25)16-7-4-12-27-16/h3-4,6-7,11-12,14H,1-2,5,8-10,13H2,(H,19,22)(H,20,23)/t14-/m1/s1. The van der Waals surface area contributed by atoms with E-state index in [1.54, 1.807) is 21.8 Å². The maximum absolute atomic E-state index is 12.8. The number of hydrogen-bond donors (Lipinski definition) is 2. The molecule has 2 aromatic heterocycles. The zero-order valence-corrected chi connectivity index (χ0v) is 17.7. The maximum Gasteiger partial charge on any atom is 0.309 e. The molecule has 0 aliphatic carbocycles. The summed E-state index contributed by atoms with van der Waals surface area (Å²) in [5.41, 5.74) is 0. The first-order valence-electron chi connectivity index (χ1n) is 9.12. The highest BCUT2D eigenvalue weighted by Crippen LogP contribution is 2.28. The fourth-order valence-electron chi connectivity index (χ4n) is 3.20. The maximum atomic E-state index is 12.8. The molecule has 28 heavy (non-hydrogen) atoms. The lowest BCUT2D eigenvalue weighted by molar-refractivity contribution is -0.139. The second-order valence-electron chi connectivity index (χ2n) is 6.50. The Bertz CT molecular complexity index is 879. The molecule has 1 saturated heterocycles. The molecule has 2 aromatic rings. The molecule has 2 amide bonds. The summed E-state index contributed by atoms with van der Waals surface area (Å²) >= 11 is 2.72. The molecule has 0 bridgehead atoms. The Morgan fingerprint density at radius 1 is 1.07 bits per heavy atom. The van der Waals surface area contributed by atoms with E-state index in [4.69, 9.17) is 0 Å². The van der Waals surface area contributed by atoms with Crippen LogP contribution in [-0.2, 0) is 26.2 Å². The number of amides is 2. The van der Waals surface area contributed by atoms with Crippen LogP contribution in [0.5, 0.6) is 0 Å². The van der Waals surface area contributed by atoms with E-state index < -0.39 is 21.8 Å². The largest absolute Gasteiger partial charge is 0.348 e. The van der Waals surface area contributed by atoms with Gasteiger partial charge in [0.05, 0.1) is 6.54 Å². The van der Waals surface area contributed by atoms with E-state index in [-0.39, 0.29) is 12.6 Å². The second kappa shape index (κ2) is 9.64. The van der Waals surface area contributed by atoms with Crippen molar-refractivity contribution in [3.05, 3.63) is 39.9 Å². The van der Waals surface area contributed by atoms with Gasteiger partial charge in [0.1, 0.15) is 4.21 Å². The number of carbonyl (C=O) groups is 2. The van der Waals surface area contributed by atoms with Crippen LogP contribution >= 0.6 is 22.7 Å². The van der Waals surface area contributed by atoms with Crippen LogP contribution < -0.4 is 10.6 Å². The van der Waals surface area contributed by atoms with E-state index in [1.165, 1.54) is 22.7 Å². The van der Waals surface area contributed by atoms with Gasteiger partial charge in [-0.3, -0.25) is 9.59 Å². The first kappa shape index (κ1) is 21.0. The summed E-state index contributed by atoms with van der Waals surface area (Å²) in [6, 6.07) is 6.94. The van der Waals surface area contributed by atoms with Crippen LogP contribution in [0.2, 0.25) is 0 Å². The molecule has 1 fully saturated rings. The number of sulfonamides is 1. The Labute approximate surface area is 172 Å². The van der Waals surface area contributed by atoms with Crippen LogP contribution in [0.1, 0.15) is 30.6 Å². The number of rotatable bonds is 7. The van der Waals surface area contributed by atoms with Gasteiger partial charge in [-0.05, 0) is 42.2 Å². The van der Waals surface area contributed by atoms with E-state index in [1.807, 2.05) is 17.5 Å². The van der Waals surface area contributed by atoms with Crippen molar-refractivity contribution < 1.29 is 18.0 Å². The first-order chi connectivity index (χ1) is 13.5.